The van der Waals surface area contributed by atoms with Crippen LogP contribution in [0.15, 0.2) is 54.6 Å². The second-order valence-electron chi connectivity index (χ2n) is 6.57. The molecular formula is C21H25ClN2O. The zero-order valence-electron chi connectivity index (χ0n) is 14.7. The standard InChI is InChI=1S/C21H25ClN2O/c1-2-23-14-12-20(13-15-23)24(19-10-8-18(22)9-11-19)21(25)16-17-6-4-3-5-7-17/h3-11,20H,2,12-16H2,1H3. The van der Waals surface area contributed by atoms with Crippen molar-refractivity contribution in [3.05, 3.63) is 65.2 Å². The molecule has 0 saturated carbocycles. The number of rotatable bonds is 5. The summed E-state index contributed by atoms with van der Waals surface area (Å²) in [4.78, 5) is 17.6. The molecule has 2 aromatic carbocycles. The Bertz CT molecular complexity index is 679. The Morgan fingerprint density at radius 1 is 1.08 bits per heavy atom. The summed E-state index contributed by atoms with van der Waals surface area (Å²) in [6.07, 6.45) is 2.45. The van der Waals surface area contributed by atoms with Gasteiger partial charge in [-0.25, -0.2) is 0 Å². The maximum absolute atomic E-state index is 13.1. The molecule has 2 aromatic rings. The molecule has 0 N–H and O–H groups in total. The van der Waals surface area contributed by atoms with E-state index >= 15 is 0 Å². The molecule has 3 rings (SSSR count). The molecule has 1 saturated heterocycles. The van der Waals surface area contributed by atoms with Crippen molar-refractivity contribution < 1.29 is 4.79 Å². The van der Waals surface area contributed by atoms with Gasteiger partial charge in [-0.2, -0.15) is 0 Å². The summed E-state index contributed by atoms with van der Waals surface area (Å²) in [5.74, 6) is 0.156. The first-order valence-electron chi connectivity index (χ1n) is 9.01. The van der Waals surface area contributed by atoms with Crippen molar-refractivity contribution in [3.8, 4) is 0 Å². The number of nitrogens with zero attached hydrogens (tertiary/aromatic N) is 2. The molecule has 1 aliphatic heterocycles. The molecular weight excluding hydrogens is 332 g/mol. The van der Waals surface area contributed by atoms with Crippen molar-refractivity contribution >= 4 is 23.2 Å². The quantitative estimate of drug-likeness (QED) is 0.792. The van der Waals surface area contributed by atoms with Crippen LogP contribution in [0.4, 0.5) is 5.69 Å². The lowest BCUT2D eigenvalue weighted by molar-refractivity contribution is -0.118. The van der Waals surface area contributed by atoms with Gasteiger partial charge < -0.3 is 9.80 Å². The molecule has 4 heteroatoms. The number of carbonyl (C=O) groups excluding carboxylic acids is 1. The van der Waals surface area contributed by atoms with Gasteiger partial charge in [-0.05, 0) is 49.2 Å². The molecule has 0 radical (unpaired) electrons. The summed E-state index contributed by atoms with van der Waals surface area (Å²) >= 11 is 6.04. The lowest BCUT2D eigenvalue weighted by atomic mass is 10.0. The first-order chi connectivity index (χ1) is 12.2. The van der Waals surface area contributed by atoms with E-state index in [2.05, 4.69) is 11.8 Å². The number of amides is 1. The van der Waals surface area contributed by atoms with Gasteiger partial charge in [-0.1, -0.05) is 48.9 Å². The van der Waals surface area contributed by atoms with E-state index in [0.29, 0.717) is 11.4 Å². The summed E-state index contributed by atoms with van der Waals surface area (Å²) < 4.78 is 0. The molecule has 0 unspecified atom stereocenters. The fourth-order valence-electron chi connectivity index (χ4n) is 3.51. The van der Waals surface area contributed by atoms with Gasteiger partial charge in [0, 0.05) is 29.8 Å². The predicted octanol–water partition coefficient (Wildman–Crippen LogP) is 4.40. The average molecular weight is 357 g/mol. The maximum Gasteiger partial charge on any atom is 0.231 e. The molecule has 25 heavy (non-hydrogen) atoms. The first-order valence-corrected chi connectivity index (χ1v) is 9.39. The smallest absolute Gasteiger partial charge is 0.231 e. The lowest BCUT2D eigenvalue weighted by Gasteiger charge is -2.38. The van der Waals surface area contributed by atoms with E-state index in [4.69, 9.17) is 11.6 Å². The van der Waals surface area contributed by atoms with E-state index in [1.165, 1.54) is 0 Å². The van der Waals surface area contributed by atoms with Gasteiger partial charge >= 0.3 is 0 Å². The van der Waals surface area contributed by atoms with Gasteiger partial charge in [0.1, 0.15) is 0 Å². The highest BCUT2D eigenvalue weighted by atomic mass is 35.5. The number of carbonyl (C=O) groups is 1. The first kappa shape index (κ1) is 18.0. The highest BCUT2D eigenvalue weighted by Gasteiger charge is 2.28. The second-order valence-corrected chi connectivity index (χ2v) is 7.00. The molecule has 0 aromatic heterocycles. The van der Waals surface area contributed by atoms with Crippen LogP contribution in [-0.2, 0) is 11.2 Å². The van der Waals surface area contributed by atoms with Crippen molar-refractivity contribution in [1.82, 2.24) is 4.90 Å². The molecule has 0 spiro atoms. The Morgan fingerprint density at radius 3 is 2.32 bits per heavy atom. The lowest BCUT2D eigenvalue weighted by Crippen LogP contribution is -2.48. The van der Waals surface area contributed by atoms with Crippen LogP contribution in [0.3, 0.4) is 0 Å². The van der Waals surface area contributed by atoms with Gasteiger partial charge in [-0.15, -0.1) is 0 Å². The van der Waals surface area contributed by atoms with E-state index in [9.17, 15) is 4.79 Å². The van der Waals surface area contributed by atoms with Gasteiger partial charge in [0.2, 0.25) is 5.91 Å². The Labute approximate surface area is 155 Å². The van der Waals surface area contributed by atoms with Crippen LogP contribution in [-0.4, -0.2) is 36.5 Å². The van der Waals surface area contributed by atoms with Crippen molar-refractivity contribution in [2.24, 2.45) is 0 Å². The number of benzene rings is 2. The van der Waals surface area contributed by atoms with Gasteiger partial charge in [-0.3, -0.25) is 4.79 Å². The molecule has 3 nitrogen and oxygen atoms in total. The number of piperidine rings is 1. The van der Waals surface area contributed by atoms with Crippen LogP contribution in [0.25, 0.3) is 0 Å². The third-order valence-corrected chi connectivity index (χ3v) is 5.19. The third kappa shape index (κ3) is 4.62. The predicted molar refractivity (Wildman–Crippen MR) is 104 cm³/mol. The summed E-state index contributed by atoms with van der Waals surface area (Å²) in [6, 6.07) is 17.8. The third-order valence-electron chi connectivity index (χ3n) is 4.94. The monoisotopic (exact) mass is 356 g/mol. The molecule has 1 fully saturated rings. The highest BCUT2D eigenvalue weighted by molar-refractivity contribution is 6.30. The molecule has 1 amide bonds. The highest BCUT2D eigenvalue weighted by Crippen LogP contribution is 2.26. The SMILES string of the molecule is CCN1CCC(N(C(=O)Cc2ccccc2)c2ccc(Cl)cc2)CC1. The average Bonchev–Trinajstić information content (AvgIpc) is 2.65. The Morgan fingerprint density at radius 2 is 1.72 bits per heavy atom. The molecule has 132 valence electrons. The molecule has 1 heterocycles. The van der Waals surface area contributed by atoms with Crippen LogP contribution in [0.2, 0.25) is 5.02 Å². The van der Waals surface area contributed by atoms with Crippen molar-refractivity contribution in [2.75, 3.05) is 24.5 Å². The zero-order chi connectivity index (χ0) is 17.6. The number of hydrogen-bond acceptors (Lipinski definition) is 2. The summed E-state index contributed by atoms with van der Waals surface area (Å²) in [5.41, 5.74) is 2.00. The fraction of sp³-hybridized carbons (Fsp3) is 0.381. The zero-order valence-corrected chi connectivity index (χ0v) is 15.5. The minimum Gasteiger partial charge on any atom is -0.309 e. The summed E-state index contributed by atoms with van der Waals surface area (Å²) in [5, 5.41) is 0.694. The number of anilines is 1. The van der Waals surface area contributed by atoms with Crippen molar-refractivity contribution in [1.29, 1.82) is 0 Å². The minimum atomic E-state index is 0.156. The second kappa shape index (κ2) is 8.50. The fourth-order valence-corrected chi connectivity index (χ4v) is 3.64. The minimum absolute atomic E-state index is 0.156. The summed E-state index contributed by atoms with van der Waals surface area (Å²) in [7, 11) is 0. The van der Waals surface area contributed by atoms with Gasteiger partial charge in [0.05, 0.1) is 6.42 Å². The van der Waals surface area contributed by atoms with E-state index in [1.54, 1.807) is 0 Å². The molecule has 0 atom stereocenters. The molecule has 0 bridgehead atoms. The Hall–Kier alpha value is -1.84. The van der Waals surface area contributed by atoms with E-state index in [1.807, 2.05) is 59.5 Å². The largest absolute Gasteiger partial charge is 0.309 e. The topological polar surface area (TPSA) is 23.6 Å². The van der Waals surface area contributed by atoms with Crippen molar-refractivity contribution in [2.45, 2.75) is 32.2 Å². The Balaban J connectivity index is 1.81. The van der Waals surface area contributed by atoms with Gasteiger partial charge in [0.25, 0.3) is 0 Å². The van der Waals surface area contributed by atoms with Crippen LogP contribution in [0, 0.1) is 0 Å². The maximum atomic E-state index is 13.1. The van der Waals surface area contributed by atoms with E-state index in [0.717, 1.165) is 43.7 Å². The van der Waals surface area contributed by atoms with Crippen LogP contribution < -0.4 is 4.90 Å². The van der Waals surface area contributed by atoms with Crippen LogP contribution >= 0.6 is 11.6 Å². The number of halogens is 1. The van der Waals surface area contributed by atoms with E-state index < -0.39 is 0 Å². The molecule has 1 aliphatic rings. The molecule has 0 aliphatic carbocycles. The van der Waals surface area contributed by atoms with Crippen LogP contribution in [0.1, 0.15) is 25.3 Å². The number of hydrogen-bond donors (Lipinski definition) is 0. The van der Waals surface area contributed by atoms with Crippen molar-refractivity contribution in [3.63, 3.8) is 0 Å². The normalized spacial score (nSPS) is 15.9. The summed E-state index contributed by atoms with van der Waals surface area (Å²) in [6.45, 7) is 5.36. The Kier molecular flexibility index (Phi) is 6.11. The van der Waals surface area contributed by atoms with E-state index in [-0.39, 0.29) is 11.9 Å². The van der Waals surface area contributed by atoms with Crippen LogP contribution in [0.5, 0.6) is 0 Å². The van der Waals surface area contributed by atoms with Gasteiger partial charge in [0.15, 0.2) is 0 Å². The number of likely N-dealkylation sites (tertiary alicyclic amines) is 1.